The minimum Gasteiger partial charge on any atom is -0.355 e. The fraction of sp³-hybridized carbons (Fsp3) is 0.0500. The number of aromatic nitrogens is 3. The van der Waals surface area contributed by atoms with E-state index in [1.165, 1.54) is 0 Å². The average molecular weight is 379 g/mol. The third-order valence-electron chi connectivity index (χ3n) is 3.96. The van der Waals surface area contributed by atoms with Crippen LogP contribution in [0.5, 0.6) is 0 Å². The van der Waals surface area contributed by atoms with Crippen LogP contribution in [0.4, 0.5) is 5.69 Å². The molecule has 7 heteroatoms. The number of hydrogen-bond acceptors (Lipinski definition) is 4. The number of benzene rings is 2. The Morgan fingerprint density at radius 3 is 2.70 bits per heavy atom. The fourth-order valence-electron chi connectivity index (χ4n) is 2.65. The Bertz CT molecular complexity index is 1070. The van der Waals surface area contributed by atoms with E-state index in [1.807, 2.05) is 42.5 Å². The molecule has 0 saturated heterocycles. The summed E-state index contributed by atoms with van der Waals surface area (Å²) in [5, 5.41) is 11.4. The number of anilines is 1. The quantitative estimate of drug-likeness (QED) is 0.555. The lowest BCUT2D eigenvalue weighted by molar-refractivity contribution is 0.101. The zero-order chi connectivity index (χ0) is 18.6. The van der Waals surface area contributed by atoms with Crippen LogP contribution in [-0.2, 0) is 6.54 Å². The molecule has 0 fully saturated rings. The lowest BCUT2D eigenvalue weighted by atomic mass is 10.1. The number of rotatable bonds is 5. The van der Waals surface area contributed by atoms with Crippen LogP contribution in [0.25, 0.3) is 11.3 Å². The molecule has 0 unspecified atom stereocenters. The van der Waals surface area contributed by atoms with Gasteiger partial charge in [-0.25, -0.2) is 0 Å². The summed E-state index contributed by atoms with van der Waals surface area (Å²) in [4.78, 5) is 12.4. The molecule has 1 amide bonds. The van der Waals surface area contributed by atoms with Gasteiger partial charge in [0, 0.05) is 17.8 Å². The van der Waals surface area contributed by atoms with Crippen molar-refractivity contribution >= 4 is 23.2 Å². The number of nitrogens with one attached hydrogen (secondary N) is 1. The molecule has 0 atom stereocenters. The Morgan fingerprint density at radius 1 is 1.11 bits per heavy atom. The molecule has 0 spiro atoms. The average Bonchev–Trinajstić information content (AvgIpc) is 3.33. The summed E-state index contributed by atoms with van der Waals surface area (Å²) >= 11 is 6.15. The second-order valence-corrected chi connectivity index (χ2v) is 6.33. The van der Waals surface area contributed by atoms with E-state index in [1.54, 1.807) is 35.3 Å². The van der Waals surface area contributed by atoms with E-state index in [4.69, 9.17) is 16.1 Å². The minimum atomic E-state index is -0.378. The molecular formula is C20H15ClN4O2. The van der Waals surface area contributed by atoms with Crippen LogP contribution in [0.1, 0.15) is 16.1 Å². The van der Waals surface area contributed by atoms with Crippen molar-refractivity contribution in [1.29, 1.82) is 0 Å². The van der Waals surface area contributed by atoms with Crippen LogP contribution in [0, 0.1) is 0 Å². The Hall–Kier alpha value is -3.38. The zero-order valence-corrected chi connectivity index (χ0v) is 14.9. The first kappa shape index (κ1) is 17.1. The Labute approximate surface area is 160 Å². The summed E-state index contributed by atoms with van der Waals surface area (Å²) in [7, 11) is 0. The van der Waals surface area contributed by atoms with Crippen LogP contribution in [0.2, 0.25) is 5.02 Å². The maximum absolute atomic E-state index is 12.4. The largest absolute Gasteiger partial charge is 0.355 e. The van der Waals surface area contributed by atoms with Crippen LogP contribution >= 0.6 is 11.6 Å². The lowest BCUT2D eigenvalue weighted by Crippen LogP contribution is -2.11. The van der Waals surface area contributed by atoms with Gasteiger partial charge in [-0.1, -0.05) is 59.2 Å². The van der Waals surface area contributed by atoms with Crippen LogP contribution in [0.3, 0.4) is 0 Å². The van der Waals surface area contributed by atoms with Crippen LogP contribution in [0.15, 0.2) is 77.6 Å². The van der Waals surface area contributed by atoms with Crippen molar-refractivity contribution in [2.75, 3.05) is 5.32 Å². The van der Waals surface area contributed by atoms with Crippen molar-refractivity contribution in [1.82, 2.24) is 14.9 Å². The molecule has 2 aromatic heterocycles. The van der Waals surface area contributed by atoms with Crippen molar-refractivity contribution in [3.63, 3.8) is 0 Å². The summed E-state index contributed by atoms with van der Waals surface area (Å²) in [5.74, 6) is 0.0573. The molecule has 0 saturated carbocycles. The summed E-state index contributed by atoms with van der Waals surface area (Å²) in [6.45, 7) is 0.622. The van der Waals surface area contributed by atoms with Crippen molar-refractivity contribution in [2.24, 2.45) is 0 Å². The molecule has 0 bridgehead atoms. The topological polar surface area (TPSA) is 73.0 Å². The van der Waals surface area contributed by atoms with Gasteiger partial charge in [0.1, 0.15) is 0 Å². The Kier molecular flexibility index (Phi) is 4.72. The highest BCUT2D eigenvalue weighted by Gasteiger charge is 2.16. The molecule has 27 heavy (non-hydrogen) atoms. The van der Waals surface area contributed by atoms with Gasteiger partial charge < -0.3 is 9.84 Å². The third kappa shape index (κ3) is 3.91. The third-order valence-corrected chi connectivity index (χ3v) is 4.29. The van der Waals surface area contributed by atoms with Crippen molar-refractivity contribution in [3.8, 4) is 11.3 Å². The van der Waals surface area contributed by atoms with E-state index in [-0.39, 0.29) is 11.6 Å². The Balaban J connectivity index is 1.45. The first-order valence-electron chi connectivity index (χ1n) is 8.28. The molecule has 0 aliphatic rings. The molecule has 6 nitrogen and oxygen atoms in total. The highest BCUT2D eigenvalue weighted by Crippen LogP contribution is 2.28. The van der Waals surface area contributed by atoms with Crippen molar-refractivity contribution < 1.29 is 9.32 Å². The molecule has 0 aliphatic heterocycles. The molecule has 134 valence electrons. The van der Waals surface area contributed by atoms with E-state index >= 15 is 0 Å². The van der Waals surface area contributed by atoms with E-state index in [0.717, 1.165) is 5.56 Å². The zero-order valence-electron chi connectivity index (χ0n) is 14.2. The predicted octanol–water partition coefficient (Wildman–Crippen LogP) is 4.49. The number of hydrogen-bond donors (Lipinski definition) is 1. The first-order valence-corrected chi connectivity index (χ1v) is 8.66. The smallest absolute Gasteiger partial charge is 0.277 e. The monoisotopic (exact) mass is 378 g/mol. The highest BCUT2D eigenvalue weighted by atomic mass is 35.5. The molecular weight excluding hydrogens is 364 g/mol. The van der Waals surface area contributed by atoms with Gasteiger partial charge in [-0.2, -0.15) is 5.10 Å². The van der Waals surface area contributed by atoms with Gasteiger partial charge in [0.25, 0.3) is 5.91 Å². The number of amides is 1. The summed E-state index contributed by atoms with van der Waals surface area (Å²) in [5.41, 5.74) is 2.56. The minimum absolute atomic E-state index is 0.167. The van der Waals surface area contributed by atoms with Crippen LogP contribution in [-0.4, -0.2) is 20.8 Å². The van der Waals surface area contributed by atoms with Crippen molar-refractivity contribution in [3.05, 3.63) is 89.3 Å². The molecule has 0 aliphatic carbocycles. The van der Waals surface area contributed by atoms with Gasteiger partial charge in [-0.3, -0.25) is 9.48 Å². The first-order chi connectivity index (χ1) is 13.2. The normalized spacial score (nSPS) is 10.7. The van der Waals surface area contributed by atoms with Gasteiger partial charge in [-0.05, 0) is 17.7 Å². The summed E-state index contributed by atoms with van der Waals surface area (Å²) < 4.78 is 7.01. The number of halogens is 1. The number of carbonyl (C=O) groups is 1. The van der Waals surface area contributed by atoms with Gasteiger partial charge in [0.2, 0.25) is 0 Å². The standard InChI is InChI=1S/C20H15ClN4O2/c21-17-9-5-4-8-16(17)19-10-18(24-27-19)20(26)23-15-11-22-25(13-15)12-14-6-2-1-3-7-14/h1-11,13H,12H2,(H,23,26). The lowest BCUT2D eigenvalue weighted by Gasteiger charge is -2.01. The SMILES string of the molecule is O=C(Nc1cnn(Cc2ccccc2)c1)c1cc(-c2ccccc2Cl)on1. The molecule has 4 rings (SSSR count). The van der Waals surface area contributed by atoms with E-state index < -0.39 is 0 Å². The summed E-state index contributed by atoms with van der Waals surface area (Å²) in [6.07, 6.45) is 3.36. The Morgan fingerprint density at radius 2 is 1.89 bits per heavy atom. The van der Waals surface area contributed by atoms with Crippen molar-refractivity contribution in [2.45, 2.75) is 6.54 Å². The number of nitrogens with zero attached hydrogens (tertiary/aromatic N) is 3. The predicted molar refractivity (Wildman–Crippen MR) is 103 cm³/mol. The van der Waals surface area contributed by atoms with Gasteiger partial charge in [0.15, 0.2) is 11.5 Å². The van der Waals surface area contributed by atoms with E-state index in [9.17, 15) is 4.79 Å². The molecule has 2 aromatic carbocycles. The maximum Gasteiger partial charge on any atom is 0.277 e. The molecule has 2 heterocycles. The molecule has 1 N–H and O–H groups in total. The van der Waals surface area contributed by atoms with Crippen LogP contribution < -0.4 is 5.32 Å². The van der Waals surface area contributed by atoms with E-state index in [2.05, 4.69) is 15.6 Å². The highest BCUT2D eigenvalue weighted by molar-refractivity contribution is 6.33. The summed E-state index contributed by atoms with van der Waals surface area (Å²) in [6, 6.07) is 18.7. The number of carbonyl (C=O) groups excluding carboxylic acids is 1. The molecule has 0 radical (unpaired) electrons. The molecule has 4 aromatic rings. The second kappa shape index (κ2) is 7.47. The maximum atomic E-state index is 12.4. The van der Waals surface area contributed by atoms with E-state index in [0.29, 0.717) is 28.6 Å². The fourth-order valence-corrected chi connectivity index (χ4v) is 2.88. The van der Waals surface area contributed by atoms with Gasteiger partial charge in [-0.15, -0.1) is 0 Å². The van der Waals surface area contributed by atoms with Gasteiger partial charge in [0.05, 0.1) is 23.5 Å². The van der Waals surface area contributed by atoms with Gasteiger partial charge >= 0.3 is 0 Å². The second-order valence-electron chi connectivity index (χ2n) is 5.92.